The van der Waals surface area contributed by atoms with Crippen LogP contribution in [0.25, 0.3) is 0 Å². The number of nitrogens with one attached hydrogen (secondary N) is 2. The van der Waals surface area contributed by atoms with E-state index >= 15 is 0 Å². The first kappa shape index (κ1) is 29.0. The SMILES string of the molecule is CCC[C@H](NC(=O)[C@H]1CCCN1C(=O)[C@@H](C)NC(=O)OC(C)(C)C)C(=O)SCc1ccc(Cl)cc1. The van der Waals surface area contributed by atoms with Gasteiger partial charge in [-0.25, -0.2) is 4.79 Å². The second-order valence-electron chi connectivity index (χ2n) is 9.64. The van der Waals surface area contributed by atoms with Gasteiger partial charge in [0.05, 0.1) is 6.04 Å². The van der Waals surface area contributed by atoms with Crippen LogP contribution in [0, 0.1) is 0 Å². The van der Waals surface area contributed by atoms with Crippen LogP contribution in [0.1, 0.15) is 65.9 Å². The molecule has 1 saturated heterocycles. The van der Waals surface area contributed by atoms with Crippen LogP contribution >= 0.6 is 23.4 Å². The molecule has 0 radical (unpaired) electrons. The van der Waals surface area contributed by atoms with Gasteiger partial charge in [0.1, 0.15) is 17.7 Å². The second kappa shape index (κ2) is 13.2. The fraction of sp³-hybridized carbons (Fsp3) is 0.600. The highest BCUT2D eigenvalue weighted by atomic mass is 35.5. The van der Waals surface area contributed by atoms with Gasteiger partial charge in [-0.15, -0.1) is 0 Å². The van der Waals surface area contributed by atoms with Crippen LogP contribution in [0.2, 0.25) is 5.02 Å². The van der Waals surface area contributed by atoms with Crippen molar-refractivity contribution in [1.29, 1.82) is 0 Å². The van der Waals surface area contributed by atoms with Crippen molar-refractivity contribution >= 4 is 46.4 Å². The Morgan fingerprint density at radius 3 is 2.43 bits per heavy atom. The van der Waals surface area contributed by atoms with Crippen LogP contribution in [-0.4, -0.2) is 58.2 Å². The largest absolute Gasteiger partial charge is 0.444 e. The molecule has 2 rings (SSSR count). The van der Waals surface area contributed by atoms with E-state index in [2.05, 4.69) is 10.6 Å². The number of alkyl carbamates (subject to hydrolysis) is 1. The van der Waals surface area contributed by atoms with Crippen molar-refractivity contribution in [3.05, 3.63) is 34.9 Å². The molecule has 1 fully saturated rings. The van der Waals surface area contributed by atoms with Crippen LogP contribution in [0.5, 0.6) is 0 Å². The van der Waals surface area contributed by atoms with Crippen molar-refractivity contribution in [3.8, 4) is 0 Å². The van der Waals surface area contributed by atoms with Gasteiger partial charge >= 0.3 is 6.09 Å². The Morgan fingerprint density at radius 1 is 1.17 bits per heavy atom. The van der Waals surface area contributed by atoms with Crippen LogP contribution in [0.15, 0.2) is 24.3 Å². The first-order chi connectivity index (χ1) is 16.4. The topological polar surface area (TPSA) is 105 Å². The number of hydrogen-bond acceptors (Lipinski definition) is 6. The van der Waals surface area contributed by atoms with Gasteiger partial charge in [-0.05, 0) is 64.7 Å². The predicted octanol–water partition coefficient (Wildman–Crippen LogP) is 4.29. The lowest BCUT2D eigenvalue weighted by Crippen LogP contribution is -2.54. The highest BCUT2D eigenvalue weighted by Gasteiger charge is 2.38. The summed E-state index contributed by atoms with van der Waals surface area (Å²) in [6.07, 6.45) is 1.71. The molecular formula is C25H36ClN3O5S. The molecule has 0 bridgehead atoms. The number of nitrogens with zero attached hydrogens (tertiary/aromatic N) is 1. The molecule has 0 saturated carbocycles. The Kier molecular flexibility index (Phi) is 10.9. The van der Waals surface area contributed by atoms with Gasteiger partial charge in [0.15, 0.2) is 0 Å². The maximum absolute atomic E-state index is 13.1. The first-order valence-electron chi connectivity index (χ1n) is 11.9. The normalized spacial score (nSPS) is 17.4. The molecule has 194 valence electrons. The molecular weight excluding hydrogens is 490 g/mol. The Bertz CT molecular complexity index is 903. The summed E-state index contributed by atoms with van der Waals surface area (Å²) in [6.45, 7) is 9.14. The van der Waals surface area contributed by atoms with E-state index in [1.807, 2.05) is 19.1 Å². The quantitative estimate of drug-likeness (QED) is 0.498. The predicted molar refractivity (Wildman–Crippen MR) is 138 cm³/mol. The number of benzene rings is 1. The number of rotatable bonds is 9. The summed E-state index contributed by atoms with van der Waals surface area (Å²) < 4.78 is 5.22. The van der Waals surface area contributed by atoms with Crippen molar-refractivity contribution in [2.24, 2.45) is 0 Å². The first-order valence-corrected chi connectivity index (χ1v) is 13.3. The number of amides is 3. The Hall–Kier alpha value is -2.26. The third-order valence-electron chi connectivity index (χ3n) is 5.41. The van der Waals surface area contributed by atoms with Crippen molar-refractivity contribution in [2.75, 3.05) is 6.54 Å². The van der Waals surface area contributed by atoms with Gasteiger partial charge in [0.2, 0.25) is 16.9 Å². The minimum Gasteiger partial charge on any atom is -0.444 e. The highest BCUT2D eigenvalue weighted by Crippen LogP contribution is 2.22. The maximum atomic E-state index is 13.1. The molecule has 3 amide bonds. The van der Waals surface area contributed by atoms with E-state index in [1.54, 1.807) is 39.8 Å². The average molecular weight is 526 g/mol. The van der Waals surface area contributed by atoms with E-state index in [0.29, 0.717) is 36.6 Å². The molecule has 0 spiro atoms. The molecule has 0 aromatic heterocycles. The molecule has 2 N–H and O–H groups in total. The maximum Gasteiger partial charge on any atom is 0.408 e. The minimum absolute atomic E-state index is 0.119. The lowest BCUT2D eigenvalue weighted by Gasteiger charge is -2.29. The summed E-state index contributed by atoms with van der Waals surface area (Å²) in [4.78, 5) is 52.5. The van der Waals surface area contributed by atoms with E-state index in [9.17, 15) is 19.2 Å². The molecule has 0 aliphatic carbocycles. The Balaban J connectivity index is 1.96. The summed E-state index contributed by atoms with van der Waals surface area (Å²) in [7, 11) is 0. The summed E-state index contributed by atoms with van der Waals surface area (Å²) in [5, 5.41) is 5.91. The molecule has 10 heteroatoms. The molecule has 1 aliphatic rings. The van der Waals surface area contributed by atoms with E-state index in [0.717, 1.165) is 23.7 Å². The molecule has 8 nitrogen and oxygen atoms in total. The second-order valence-corrected chi connectivity index (χ2v) is 11.1. The zero-order valence-corrected chi connectivity index (χ0v) is 22.6. The lowest BCUT2D eigenvalue weighted by atomic mass is 10.1. The fourth-order valence-corrected chi connectivity index (χ4v) is 4.74. The van der Waals surface area contributed by atoms with E-state index < -0.39 is 29.8 Å². The number of ether oxygens (including phenoxy) is 1. The molecule has 1 heterocycles. The number of halogens is 1. The standard InChI is InChI=1S/C25H36ClN3O5S/c1-6-8-19(23(32)35-15-17-10-12-18(26)13-11-17)28-21(30)20-9-7-14-29(20)22(31)16(2)27-24(33)34-25(3,4)5/h10-13,16,19-20H,6-9,14-15H2,1-5H3,(H,27,33)(H,28,30)/t16-,19+,20-/m1/s1. The number of likely N-dealkylation sites (tertiary alicyclic amines) is 1. The summed E-state index contributed by atoms with van der Waals surface area (Å²) in [6, 6.07) is 5.12. The zero-order chi connectivity index (χ0) is 26.2. The number of hydrogen-bond donors (Lipinski definition) is 2. The van der Waals surface area contributed by atoms with Gasteiger partial charge in [-0.1, -0.05) is 48.8 Å². The van der Waals surface area contributed by atoms with E-state index in [4.69, 9.17) is 16.3 Å². The van der Waals surface area contributed by atoms with E-state index in [-0.39, 0.29) is 16.9 Å². The van der Waals surface area contributed by atoms with E-state index in [1.165, 1.54) is 4.90 Å². The Morgan fingerprint density at radius 2 is 1.83 bits per heavy atom. The fourth-order valence-electron chi connectivity index (χ4n) is 3.74. The summed E-state index contributed by atoms with van der Waals surface area (Å²) >= 11 is 7.07. The average Bonchev–Trinajstić information content (AvgIpc) is 3.26. The monoisotopic (exact) mass is 525 g/mol. The zero-order valence-electron chi connectivity index (χ0n) is 21.1. The van der Waals surface area contributed by atoms with Gasteiger partial charge in [-0.3, -0.25) is 14.4 Å². The number of carbonyl (C=O) groups is 4. The molecule has 1 aromatic rings. The summed E-state index contributed by atoms with van der Waals surface area (Å²) in [5.74, 6) is -0.225. The molecule has 3 atom stereocenters. The van der Waals surface area contributed by atoms with Crippen molar-refractivity contribution in [1.82, 2.24) is 15.5 Å². The molecule has 1 aliphatic heterocycles. The minimum atomic E-state index is -0.846. The van der Waals surface area contributed by atoms with Crippen molar-refractivity contribution in [3.63, 3.8) is 0 Å². The van der Waals surface area contributed by atoms with Crippen molar-refractivity contribution in [2.45, 2.75) is 89.8 Å². The van der Waals surface area contributed by atoms with Crippen LogP contribution < -0.4 is 10.6 Å². The van der Waals surface area contributed by atoms with Crippen LogP contribution in [0.4, 0.5) is 4.79 Å². The molecule has 35 heavy (non-hydrogen) atoms. The van der Waals surface area contributed by atoms with Crippen LogP contribution in [0.3, 0.4) is 0 Å². The number of carbonyl (C=O) groups excluding carboxylic acids is 4. The highest BCUT2D eigenvalue weighted by molar-refractivity contribution is 8.13. The molecule has 0 unspecified atom stereocenters. The third-order valence-corrected chi connectivity index (χ3v) is 6.71. The Labute approximate surface area is 216 Å². The lowest BCUT2D eigenvalue weighted by molar-refractivity contribution is -0.140. The summed E-state index contributed by atoms with van der Waals surface area (Å²) in [5.41, 5.74) is 0.281. The van der Waals surface area contributed by atoms with Gasteiger partial charge in [-0.2, -0.15) is 0 Å². The van der Waals surface area contributed by atoms with Crippen molar-refractivity contribution < 1.29 is 23.9 Å². The third kappa shape index (κ3) is 9.37. The molecule has 1 aromatic carbocycles. The van der Waals surface area contributed by atoms with Gasteiger partial charge < -0.3 is 20.3 Å². The van der Waals surface area contributed by atoms with Gasteiger partial charge in [0.25, 0.3) is 0 Å². The smallest absolute Gasteiger partial charge is 0.408 e. The van der Waals surface area contributed by atoms with Crippen LogP contribution in [-0.2, 0) is 24.9 Å². The van der Waals surface area contributed by atoms with Gasteiger partial charge in [0, 0.05) is 17.3 Å². The number of thioether (sulfide) groups is 1.